The highest BCUT2D eigenvalue weighted by Gasteiger charge is 2.28. The fraction of sp³-hybridized carbons (Fsp3) is 0.364. The minimum Gasteiger partial charge on any atom is -0.395 e. The number of aliphatic hydroxyl groups excluding tert-OH is 1. The molecule has 5 rings (SSSR count). The molecule has 3 N–H and O–H groups in total. The first-order chi connectivity index (χ1) is 17.0. The molecule has 35 heavy (non-hydrogen) atoms. The number of imidazole rings is 1. The van der Waals surface area contributed by atoms with E-state index < -0.39 is 0 Å². The molecule has 2 aliphatic rings. The lowest BCUT2D eigenvalue weighted by Gasteiger charge is -2.34. The second kappa shape index (κ2) is 9.35. The summed E-state index contributed by atoms with van der Waals surface area (Å²) < 4.78 is 1.40. The van der Waals surface area contributed by atoms with Gasteiger partial charge >= 0.3 is 0 Å². The molecule has 3 aromatic rings. The summed E-state index contributed by atoms with van der Waals surface area (Å²) in [5.41, 5.74) is 1.73. The average molecular weight is 493 g/mol. The first-order valence-corrected chi connectivity index (χ1v) is 11.4. The normalized spacial score (nSPS) is 16.2. The number of carbonyl (C=O) groups is 1. The van der Waals surface area contributed by atoms with E-state index in [2.05, 4.69) is 37.8 Å². The van der Waals surface area contributed by atoms with Crippen LogP contribution in [0.3, 0.4) is 0 Å². The summed E-state index contributed by atoms with van der Waals surface area (Å²) >= 11 is 6.71. The predicted octanol–water partition coefficient (Wildman–Crippen LogP) is 1.48. The largest absolute Gasteiger partial charge is 0.395 e. The minimum absolute atomic E-state index is 0.0294. The van der Waals surface area contributed by atoms with Crippen LogP contribution in [0.1, 0.15) is 24.1 Å². The van der Waals surface area contributed by atoms with Gasteiger partial charge in [-0.3, -0.25) is 9.69 Å². The van der Waals surface area contributed by atoms with Crippen LogP contribution < -0.4 is 15.5 Å². The molecule has 1 saturated carbocycles. The molecule has 1 aliphatic heterocycles. The number of carbonyl (C=O) groups excluding carboxylic acids is 1. The van der Waals surface area contributed by atoms with E-state index in [9.17, 15) is 15.3 Å². The quantitative estimate of drug-likeness (QED) is 0.441. The molecule has 0 spiro atoms. The van der Waals surface area contributed by atoms with Crippen molar-refractivity contribution in [3.05, 3.63) is 34.6 Å². The topological polar surface area (TPSA) is 158 Å². The number of amides is 1. The third kappa shape index (κ3) is 4.55. The number of anilines is 4. The van der Waals surface area contributed by atoms with E-state index in [1.54, 1.807) is 12.1 Å². The van der Waals surface area contributed by atoms with E-state index in [1.165, 1.54) is 15.6 Å². The number of rotatable bonds is 7. The highest BCUT2D eigenvalue weighted by atomic mass is 35.5. The number of halogens is 1. The number of aliphatic hydroxyl groups is 1. The first-order valence-electron chi connectivity index (χ1n) is 11.1. The number of nitrogens with one attached hydrogen (secondary N) is 2. The Bertz CT molecular complexity index is 1390. The Balaban J connectivity index is 1.51. The maximum Gasteiger partial charge on any atom is 0.247 e. The first kappa shape index (κ1) is 22.8. The Hall–Kier alpha value is -3.97. The summed E-state index contributed by atoms with van der Waals surface area (Å²) in [5.74, 6) is 0.449. The fourth-order valence-electron chi connectivity index (χ4n) is 3.92. The molecular formula is C22H21ClN10O2. The van der Waals surface area contributed by atoms with Gasteiger partial charge in [-0.15, -0.1) is 5.10 Å². The summed E-state index contributed by atoms with van der Waals surface area (Å²) in [7, 11) is 0. The molecule has 13 heteroatoms. The van der Waals surface area contributed by atoms with Gasteiger partial charge in [0, 0.05) is 25.7 Å². The van der Waals surface area contributed by atoms with E-state index >= 15 is 0 Å². The van der Waals surface area contributed by atoms with Crippen molar-refractivity contribution in [3.63, 3.8) is 0 Å². The highest BCUT2D eigenvalue weighted by molar-refractivity contribution is 6.36. The van der Waals surface area contributed by atoms with Crippen molar-refractivity contribution in [1.82, 2.24) is 24.5 Å². The number of nitriles is 2. The van der Waals surface area contributed by atoms with Gasteiger partial charge in [-0.1, -0.05) is 11.6 Å². The maximum absolute atomic E-state index is 12.8. The number of fused-ring (bicyclic) bond motifs is 1. The van der Waals surface area contributed by atoms with Crippen LogP contribution in [-0.2, 0) is 4.79 Å². The number of aromatic nitrogens is 4. The van der Waals surface area contributed by atoms with Gasteiger partial charge in [-0.25, -0.2) is 4.98 Å². The summed E-state index contributed by atoms with van der Waals surface area (Å²) in [6, 6.07) is 7.57. The zero-order valence-corrected chi connectivity index (χ0v) is 19.3. The molecule has 1 saturated heterocycles. The van der Waals surface area contributed by atoms with Crippen molar-refractivity contribution in [3.8, 4) is 12.1 Å². The number of β-amino-alcohol motifs (C(OH)–C–C–N with tert-alkyl or cyclic N) is 1. The van der Waals surface area contributed by atoms with Crippen molar-refractivity contribution in [2.45, 2.75) is 18.9 Å². The predicted molar refractivity (Wildman–Crippen MR) is 127 cm³/mol. The second-order valence-corrected chi connectivity index (χ2v) is 8.71. The Labute approximate surface area is 205 Å². The zero-order chi connectivity index (χ0) is 24.5. The summed E-state index contributed by atoms with van der Waals surface area (Å²) in [4.78, 5) is 25.0. The minimum atomic E-state index is -0.182. The number of piperazine rings is 1. The molecule has 12 nitrogen and oxygen atoms in total. The van der Waals surface area contributed by atoms with Crippen molar-refractivity contribution in [2.24, 2.45) is 0 Å². The summed E-state index contributed by atoms with van der Waals surface area (Å²) in [6.07, 6.45) is 3.46. The van der Waals surface area contributed by atoms with E-state index in [4.69, 9.17) is 16.7 Å². The van der Waals surface area contributed by atoms with Crippen LogP contribution >= 0.6 is 11.6 Å². The zero-order valence-electron chi connectivity index (χ0n) is 18.6. The lowest BCUT2D eigenvalue weighted by molar-refractivity contribution is -0.121. The SMILES string of the molecule is N#Cc1cc(Nc2nc(NC3CC3)c3ncc(C#N)n3n2)c(Cl)c(N2CCN(CCO)CC2=O)c1. The van der Waals surface area contributed by atoms with Gasteiger partial charge in [0.15, 0.2) is 17.2 Å². The van der Waals surface area contributed by atoms with Gasteiger partial charge in [0.05, 0.1) is 47.4 Å². The van der Waals surface area contributed by atoms with E-state index in [0.717, 1.165) is 12.8 Å². The Morgan fingerprint density at radius 2 is 2.06 bits per heavy atom. The lowest BCUT2D eigenvalue weighted by Crippen LogP contribution is -2.51. The number of benzene rings is 1. The Morgan fingerprint density at radius 1 is 1.23 bits per heavy atom. The molecule has 1 aliphatic carbocycles. The van der Waals surface area contributed by atoms with Gasteiger partial charge in [-0.05, 0) is 25.0 Å². The van der Waals surface area contributed by atoms with Crippen molar-refractivity contribution < 1.29 is 9.90 Å². The highest BCUT2D eigenvalue weighted by Crippen LogP contribution is 2.37. The lowest BCUT2D eigenvalue weighted by atomic mass is 10.1. The van der Waals surface area contributed by atoms with Crippen LogP contribution in [0.2, 0.25) is 5.02 Å². The molecule has 2 fully saturated rings. The smallest absolute Gasteiger partial charge is 0.247 e. The van der Waals surface area contributed by atoms with Gasteiger partial charge in [0.25, 0.3) is 0 Å². The van der Waals surface area contributed by atoms with Crippen LogP contribution in [0, 0.1) is 22.7 Å². The third-order valence-electron chi connectivity index (χ3n) is 5.83. The number of nitrogens with zero attached hydrogens (tertiary/aromatic N) is 8. The molecule has 0 unspecified atom stereocenters. The van der Waals surface area contributed by atoms with Crippen LogP contribution in [0.4, 0.5) is 23.1 Å². The Kier molecular flexibility index (Phi) is 6.09. The van der Waals surface area contributed by atoms with Gasteiger partial charge in [-0.2, -0.15) is 20.0 Å². The van der Waals surface area contributed by atoms with Gasteiger partial charge in [0.1, 0.15) is 6.07 Å². The standard InChI is InChI=1S/C22H21ClN10O2/c23-19-16(7-13(9-24)8-17(19)32-4-3-31(5-6-34)12-18(32)35)28-22-29-20(27-14-1-2-14)21-26-11-15(10-25)33(21)30-22/h7-8,11,14,34H,1-6,12H2,(H2,27,28,29,30). The van der Waals surface area contributed by atoms with Crippen molar-refractivity contribution >= 4 is 46.3 Å². The number of hydrogen-bond donors (Lipinski definition) is 3. The second-order valence-electron chi connectivity index (χ2n) is 8.33. The molecule has 2 aromatic heterocycles. The molecule has 0 atom stereocenters. The van der Waals surface area contributed by atoms with E-state index in [0.29, 0.717) is 48.0 Å². The molecule has 1 aromatic carbocycles. The van der Waals surface area contributed by atoms with Crippen molar-refractivity contribution in [2.75, 3.05) is 48.3 Å². The summed E-state index contributed by atoms with van der Waals surface area (Å²) in [6.45, 7) is 1.46. The summed E-state index contributed by atoms with van der Waals surface area (Å²) in [5, 5.41) is 39.2. The molecule has 178 valence electrons. The van der Waals surface area contributed by atoms with Crippen molar-refractivity contribution in [1.29, 1.82) is 10.5 Å². The monoisotopic (exact) mass is 492 g/mol. The molecule has 0 radical (unpaired) electrons. The molecule has 1 amide bonds. The molecule has 0 bridgehead atoms. The maximum atomic E-state index is 12.8. The number of hydrogen-bond acceptors (Lipinski definition) is 10. The molecule has 3 heterocycles. The van der Waals surface area contributed by atoms with E-state index in [-0.39, 0.29) is 41.8 Å². The Morgan fingerprint density at radius 3 is 2.74 bits per heavy atom. The van der Waals surface area contributed by atoms with Gasteiger partial charge in [0.2, 0.25) is 11.9 Å². The van der Waals surface area contributed by atoms with Crippen LogP contribution in [0.5, 0.6) is 0 Å². The van der Waals surface area contributed by atoms with E-state index in [1.807, 2.05) is 4.90 Å². The average Bonchev–Trinajstić information content (AvgIpc) is 3.57. The third-order valence-corrected chi connectivity index (χ3v) is 6.23. The fourth-order valence-corrected chi connectivity index (χ4v) is 4.18. The van der Waals surface area contributed by atoms with Crippen LogP contribution in [-0.4, -0.2) is 74.3 Å². The van der Waals surface area contributed by atoms with Crippen LogP contribution in [0.25, 0.3) is 5.65 Å². The molecular weight excluding hydrogens is 472 g/mol. The van der Waals surface area contributed by atoms with Gasteiger partial charge < -0.3 is 20.6 Å². The van der Waals surface area contributed by atoms with Crippen LogP contribution in [0.15, 0.2) is 18.3 Å².